The number of benzene rings is 1. The van der Waals surface area contributed by atoms with Gasteiger partial charge in [-0.05, 0) is 31.0 Å². The molecule has 0 radical (unpaired) electrons. The zero-order chi connectivity index (χ0) is 17.9. The second-order valence-corrected chi connectivity index (χ2v) is 7.91. The van der Waals surface area contributed by atoms with Gasteiger partial charge in [0.1, 0.15) is 10.7 Å². The highest BCUT2D eigenvalue weighted by molar-refractivity contribution is 7.89. The van der Waals surface area contributed by atoms with E-state index in [1.807, 2.05) is 0 Å². The third kappa shape index (κ3) is 4.17. The molecule has 0 aliphatic carbocycles. The first-order chi connectivity index (χ1) is 12.0. The summed E-state index contributed by atoms with van der Waals surface area (Å²) in [5, 5.41) is 2.70. The summed E-state index contributed by atoms with van der Waals surface area (Å²) in [6.07, 6.45) is 1.81. The fraction of sp³-hybridized carbons (Fsp3) is 0.562. The normalized spacial score (nSPS) is 22.0. The Bertz CT molecular complexity index is 728. The summed E-state index contributed by atoms with van der Waals surface area (Å²) in [7, 11) is -4.01. The Labute approximate surface area is 146 Å². The molecule has 2 heterocycles. The van der Waals surface area contributed by atoms with E-state index in [0.29, 0.717) is 13.2 Å². The minimum Gasteiger partial charge on any atom is -0.379 e. The molecule has 1 amide bonds. The van der Waals surface area contributed by atoms with Gasteiger partial charge >= 0.3 is 0 Å². The molecule has 25 heavy (non-hydrogen) atoms. The van der Waals surface area contributed by atoms with Crippen LogP contribution in [0.1, 0.15) is 23.2 Å². The number of rotatable bonds is 5. The minimum absolute atomic E-state index is 0.0269. The number of ether oxygens (including phenoxy) is 2. The molecule has 0 unspecified atom stereocenters. The van der Waals surface area contributed by atoms with E-state index in [9.17, 15) is 17.6 Å². The van der Waals surface area contributed by atoms with Crippen LogP contribution >= 0.6 is 0 Å². The quantitative estimate of drug-likeness (QED) is 0.825. The first-order valence-corrected chi connectivity index (χ1v) is 9.70. The Morgan fingerprint density at radius 1 is 1.28 bits per heavy atom. The number of carbonyl (C=O) groups excluding carboxylic acids is 1. The predicted octanol–water partition coefficient (Wildman–Crippen LogP) is 0.755. The molecule has 2 saturated heterocycles. The molecule has 1 aromatic carbocycles. The van der Waals surface area contributed by atoms with Gasteiger partial charge in [-0.3, -0.25) is 4.79 Å². The molecule has 2 aliphatic heterocycles. The molecule has 0 aromatic heterocycles. The van der Waals surface area contributed by atoms with Gasteiger partial charge in [0.2, 0.25) is 10.0 Å². The van der Waals surface area contributed by atoms with Gasteiger partial charge in [0.25, 0.3) is 5.91 Å². The van der Waals surface area contributed by atoms with Gasteiger partial charge in [-0.2, -0.15) is 4.31 Å². The summed E-state index contributed by atoms with van der Waals surface area (Å²) in [6, 6.07) is 3.37. The van der Waals surface area contributed by atoms with Crippen molar-refractivity contribution in [3.05, 3.63) is 29.6 Å². The summed E-state index contributed by atoms with van der Waals surface area (Å²) in [5.74, 6) is -1.32. The van der Waals surface area contributed by atoms with Crippen LogP contribution in [0.25, 0.3) is 0 Å². The van der Waals surface area contributed by atoms with E-state index in [1.165, 1.54) is 10.4 Å². The first-order valence-electron chi connectivity index (χ1n) is 8.26. The zero-order valence-electron chi connectivity index (χ0n) is 13.7. The standard InChI is InChI=1S/C16H21FN2O5S/c17-14-4-3-12(16(20)18-11-13-2-1-7-24-13)10-15(14)25(21,22)19-5-8-23-9-6-19/h3-4,10,13H,1-2,5-9,11H2,(H,18,20)/t13-/m0/s1. The van der Waals surface area contributed by atoms with Crippen molar-refractivity contribution in [3.8, 4) is 0 Å². The lowest BCUT2D eigenvalue weighted by molar-refractivity contribution is 0.0729. The van der Waals surface area contributed by atoms with Crippen LogP contribution in [0.4, 0.5) is 4.39 Å². The largest absolute Gasteiger partial charge is 0.379 e. The number of nitrogens with zero attached hydrogens (tertiary/aromatic N) is 1. The highest BCUT2D eigenvalue weighted by atomic mass is 32.2. The molecule has 9 heteroatoms. The maximum absolute atomic E-state index is 14.1. The second-order valence-electron chi connectivity index (χ2n) is 6.01. The maximum atomic E-state index is 14.1. The summed E-state index contributed by atoms with van der Waals surface area (Å²) >= 11 is 0. The van der Waals surface area contributed by atoms with Crippen LogP contribution in [0.2, 0.25) is 0 Å². The fourth-order valence-corrected chi connectivity index (χ4v) is 4.38. The van der Waals surface area contributed by atoms with E-state index >= 15 is 0 Å². The summed E-state index contributed by atoms with van der Waals surface area (Å²) in [4.78, 5) is 11.8. The van der Waals surface area contributed by atoms with Crippen molar-refractivity contribution in [1.82, 2.24) is 9.62 Å². The Balaban J connectivity index is 1.76. The van der Waals surface area contributed by atoms with E-state index in [0.717, 1.165) is 25.0 Å². The molecular formula is C16H21FN2O5S. The number of amides is 1. The molecule has 0 saturated carbocycles. The van der Waals surface area contributed by atoms with E-state index in [2.05, 4.69) is 5.32 Å². The van der Waals surface area contributed by atoms with Crippen LogP contribution in [0, 0.1) is 5.82 Å². The van der Waals surface area contributed by atoms with Crippen LogP contribution in [0.3, 0.4) is 0 Å². The smallest absolute Gasteiger partial charge is 0.251 e. The van der Waals surface area contributed by atoms with Crippen LogP contribution in [-0.2, 0) is 19.5 Å². The van der Waals surface area contributed by atoms with Crippen molar-refractivity contribution in [3.63, 3.8) is 0 Å². The van der Waals surface area contributed by atoms with Crippen molar-refractivity contribution >= 4 is 15.9 Å². The number of nitrogens with one attached hydrogen (secondary N) is 1. The fourth-order valence-electron chi connectivity index (χ4n) is 2.88. The number of sulfonamides is 1. The molecule has 0 bridgehead atoms. The average molecular weight is 372 g/mol. The number of hydrogen-bond donors (Lipinski definition) is 1. The molecule has 1 aromatic rings. The third-order valence-electron chi connectivity index (χ3n) is 4.30. The molecule has 1 atom stereocenters. The monoisotopic (exact) mass is 372 g/mol. The van der Waals surface area contributed by atoms with Crippen LogP contribution in [-0.4, -0.2) is 64.2 Å². The molecule has 7 nitrogen and oxygen atoms in total. The predicted molar refractivity (Wildman–Crippen MR) is 87.3 cm³/mol. The van der Waals surface area contributed by atoms with Gasteiger partial charge in [0, 0.05) is 31.8 Å². The minimum atomic E-state index is -4.01. The van der Waals surface area contributed by atoms with Gasteiger partial charge in [-0.1, -0.05) is 0 Å². The lowest BCUT2D eigenvalue weighted by atomic mass is 10.2. The summed E-state index contributed by atoms with van der Waals surface area (Å²) in [6.45, 7) is 1.89. The summed E-state index contributed by atoms with van der Waals surface area (Å²) in [5.41, 5.74) is 0.103. The Morgan fingerprint density at radius 2 is 2.04 bits per heavy atom. The van der Waals surface area contributed by atoms with Crippen molar-refractivity contribution in [2.24, 2.45) is 0 Å². The van der Waals surface area contributed by atoms with Crippen molar-refractivity contribution < 1.29 is 27.1 Å². The van der Waals surface area contributed by atoms with Crippen molar-refractivity contribution in [2.75, 3.05) is 39.5 Å². The van der Waals surface area contributed by atoms with E-state index in [4.69, 9.17) is 9.47 Å². The van der Waals surface area contributed by atoms with Gasteiger partial charge in [-0.15, -0.1) is 0 Å². The topological polar surface area (TPSA) is 84.9 Å². The van der Waals surface area contributed by atoms with E-state index in [1.54, 1.807) is 0 Å². The average Bonchev–Trinajstić information content (AvgIpc) is 3.14. The summed E-state index contributed by atoms with van der Waals surface area (Å²) < 4.78 is 51.1. The van der Waals surface area contributed by atoms with Gasteiger partial charge in [0.05, 0.1) is 19.3 Å². The number of morpholine rings is 1. The molecule has 2 aliphatic rings. The SMILES string of the molecule is O=C(NC[C@@H]1CCCO1)c1ccc(F)c(S(=O)(=O)N2CCOCC2)c1. The maximum Gasteiger partial charge on any atom is 0.251 e. The third-order valence-corrected chi connectivity index (χ3v) is 6.21. The number of carbonyl (C=O) groups is 1. The Kier molecular flexibility index (Phi) is 5.67. The highest BCUT2D eigenvalue weighted by Gasteiger charge is 2.30. The van der Waals surface area contributed by atoms with Crippen LogP contribution in [0.15, 0.2) is 23.1 Å². The van der Waals surface area contributed by atoms with E-state index < -0.39 is 26.6 Å². The van der Waals surface area contributed by atoms with Gasteiger partial charge in [0.15, 0.2) is 0 Å². The van der Waals surface area contributed by atoms with Gasteiger partial charge in [-0.25, -0.2) is 12.8 Å². The number of halogens is 1. The van der Waals surface area contributed by atoms with Gasteiger partial charge < -0.3 is 14.8 Å². The van der Waals surface area contributed by atoms with Crippen molar-refractivity contribution in [1.29, 1.82) is 0 Å². The molecule has 138 valence electrons. The Hall–Kier alpha value is -1.55. The van der Waals surface area contributed by atoms with Crippen molar-refractivity contribution in [2.45, 2.75) is 23.8 Å². The van der Waals surface area contributed by atoms with Crippen LogP contribution < -0.4 is 5.32 Å². The molecular weight excluding hydrogens is 351 g/mol. The van der Waals surface area contributed by atoms with E-state index in [-0.39, 0.29) is 38.0 Å². The molecule has 0 spiro atoms. The first kappa shape index (κ1) is 18.2. The second kappa shape index (κ2) is 7.77. The Morgan fingerprint density at radius 3 is 2.72 bits per heavy atom. The zero-order valence-corrected chi connectivity index (χ0v) is 14.6. The lowest BCUT2D eigenvalue weighted by Gasteiger charge is -2.26. The number of hydrogen-bond acceptors (Lipinski definition) is 5. The highest BCUT2D eigenvalue weighted by Crippen LogP contribution is 2.22. The molecule has 1 N–H and O–H groups in total. The lowest BCUT2D eigenvalue weighted by Crippen LogP contribution is -2.41. The molecule has 3 rings (SSSR count). The van der Waals surface area contributed by atoms with Crippen LogP contribution in [0.5, 0.6) is 0 Å². The molecule has 2 fully saturated rings.